The van der Waals surface area contributed by atoms with Crippen molar-refractivity contribution in [3.05, 3.63) is 16.6 Å². The minimum absolute atomic E-state index is 0.552. The highest BCUT2D eigenvalue weighted by atomic mass is 79.9. The molecule has 0 aromatic carbocycles. The van der Waals surface area contributed by atoms with E-state index in [0.717, 1.165) is 13.0 Å². The average Bonchev–Trinajstić information content (AvgIpc) is 2.51. The van der Waals surface area contributed by atoms with Crippen molar-refractivity contribution in [2.75, 3.05) is 0 Å². The Kier molecular flexibility index (Phi) is 4.91. The minimum Gasteiger partial charge on any atom is -0.309 e. The summed E-state index contributed by atoms with van der Waals surface area (Å²) in [6.07, 6.45) is 3.07. The van der Waals surface area contributed by atoms with E-state index in [1.54, 1.807) is 11.3 Å². The van der Waals surface area contributed by atoms with Crippen molar-refractivity contribution in [3.63, 3.8) is 0 Å². The van der Waals surface area contributed by atoms with Crippen LogP contribution in [0.3, 0.4) is 0 Å². The summed E-state index contributed by atoms with van der Waals surface area (Å²) in [6, 6.07) is 0.552. The molecule has 13 heavy (non-hydrogen) atoms. The van der Waals surface area contributed by atoms with Crippen LogP contribution in [-0.2, 0) is 6.54 Å². The van der Waals surface area contributed by atoms with Gasteiger partial charge >= 0.3 is 0 Å². The lowest BCUT2D eigenvalue weighted by molar-refractivity contribution is 0.518. The van der Waals surface area contributed by atoms with Gasteiger partial charge in [-0.05, 0) is 13.3 Å². The molecule has 0 aliphatic heterocycles. The van der Waals surface area contributed by atoms with Gasteiger partial charge in [-0.2, -0.15) is 0 Å². The lowest BCUT2D eigenvalue weighted by Gasteiger charge is -2.13. The summed E-state index contributed by atoms with van der Waals surface area (Å²) < 4.78 is 0. The number of halogens is 1. The lowest BCUT2D eigenvalue weighted by atomic mass is 10.2. The van der Waals surface area contributed by atoms with E-state index in [0.29, 0.717) is 10.9 Å². The van der Waals surface area contributed by atoms with Gasteiger partial charge in [0, 0.05) is 28.5 Å². The summed E-state index contributed by atoms with van der Waals surface area (Å²) in [5, 5.41) is 3.46. The summed E-state index contributed by atoms with van der Waals surface area (Å²) in [4.78, 5) is 5.91. The smallest absolute Gasteiger partial charge is 0.0794 e. The molecule has 1 N–H and O–H groups in total. The highest BCUT2D eigenvalue weighted by Gasteiger charge is 2.05. The van der Waals surface area contributed by atoms with E-state index in [2.05, 4.69) is 40.1 Å². The van der Waals surface area contributed by atoms with Crippen molar-refractivity contribution in [2.24, 2.45) is 0 Å². The van der Waals surface area contributed by atoms with E-state index in [1.807, 2.05) is 11.7 Å². The van der Waals surface area contributed by atoms with Crippen molar-refractivity contribution in [3.8, 4) is 0 Å². The van der Waals surface area contributed by atoms with Crippen molar-refractivity contribution in [1.29, 1.82) is 0 Å². The largest absolute Gasteiger partial charge is 0.309 e. The Balaban J connectivity index is 2.19. The molecule has 0 aliphatic rings. The van der Waals surface area contributed by atoms with E-state index in [9.17, 15) is 0 Å². The van der Waals surface area contributed by atoms with Crippen LogP contribution in [0.2, 0.25) is 0 Å². The molecule has 2 atom stereocenters. The van der Waals surface area contributed by atoms with Gasteiger partial charge in [-0.3, -0.25) is 4.98 Å². The monoisotopic (exact) mass is 262 g/mol. The molecule has 1 aromatic rings. The van der Waals surface area contributed by atoms with Crippen LogP contribution in [0, 0.1) is 0 Å². The Morgan fingerprint density at radius 3 is 2.92 bits per heavy atom. The number of rotatable bonds is 5. The quantitative estimate of drug-likeness (QED) is 0.826. The summed E-state index contributed by atoms with van der Waals surface area (Å²) in [5.74, 6) is 0. The number of thiazole rings is 1. The summed E-state index contributed by atoms with van der Waals surface area (Å²) >= 11 is 5.24. The molecule has 1 rings (SSSR count). The normalized spacial score (nSPS) is 15.6. The van der Waals surface area contributed by atoms with Crippen LogP contribution in [0.15, 0.2) is 11.7 Å². The third-order valence-electron chi connectivity index (χ3n) is 1.79. The van der Waals surface area contributed by atoms with Gasteiger partial charge in [0.15, 0.2) is 0 Å². The Labute approximate surface area is 91.9 Å². The summed E-state index contributed by atoms with van der Waals surface area (Å²) in [5.41, 5.74) is 1.87. The van der Waals surface area contributed by atoms with Crippen LogP contribution in [0.1, 0.15) is 25.1 Å². The maximum absolute atomic E-state index is 4.03. The van der Waals surface area contributed by atoms with Gasteiger partial charge in [0.05, 0.1) is 5.51 Å². The zero-order chi connectivity index (χ0) is 9.68. The molecule has 4 heteroatoms. The third kappa shape index (κ3) is 4.74. The van der Waals surface area contributed by atoms with Crippen LogP contribution < -0.4 is 5.32 Å². The molecule has 2 unspecified atom stereocenters. The topological polar surface area (TPSA) is 24.9 Å². The molecule has 0 fully saturated rings. The molecule has 1 aromatic heterocycles. The van der Waals surface area contributed by atoms with Crippen molar-refractivity contribution in [1.82, 2.24) is 10.3 Å². The van der Waals surface area contributed by atoms with Crippen molar-refractivity contribution >= 4 is 27.3 Å². The first-order valence-corrected chi connectivity index (χ1v) is 6.23. The molecule has 2 nitrogen and oxygen atoms in total. The average molecular weight is 263 g/mol. The van der Waals surface area contributed by atoms with Gasteiger partial charge in [-0.1, -0.05) is 22.9 Å². The highest BCUT2D eigenvalue weighted by Crippen LogP contribution is 2.09. The Bertz CT molecular complexity index is 224. The van der Waals surface area contributed by atoms with E-state index < -0.39 is 0 Å². The molecule has 0 aliphatic carbocycles. The van der Waals surface area contributed by atoms with E-state index >= 15 is 0 Å². The third-order valence-corrected chi connectivity index (χ3v) is 2.94. The second-order valence-electron chi connectivity index (χ2n) is 3.27. The maximum atomic E-state index is 4.03. The second-order valence-corrected chi connectivity index (χ2v) is 5.80. The molecule has 0 bridgehead atoms. The fraction of sp³-hybridized carbons (Fsp3) is 0.667. The molecule has 0 saturated heterocycles. The Hall–Kier alpha value is 0.0700. The van der Waals surface area contributed by atoms with Gasteiger partial charge in [0.2, 0.25) is 0 Å². The van der Waals surface area contributed by atoms with Gasteiger partial charge in [0.1, 0.15) is 0 Å². The first-order valence-electron chi connectivity index (χ1n) is 4.43. The molecular weight excluding hydrogens is 248 g/mol. The lowest BCUT2D eigenvalue weighted by Crippen LogP contribution is -2.27. The first-order chi connectivity index (χ1) is 6.18. The predicted molar refractivity (Wildman–Crippen MR) is 61.4 cm³/mol. The fourth-order valence-corrected chi connectivity index (χ4v) is 2.28. The van der Waals surface area contributed by atoms with Crippen LogP contribution >= 0.6 is 27.3 Å². The fourth-order valence-electron chi connectivity index (χ4n) is 1.17. The molecule has 0 spiro atoms. The van der Waals surface area contributed by atoms with Crippen molar-refractivity contribution in [2.45, 2.75) is 37.7 Å². The van der Waals surface area contributed by atoms with E-state index in [-0.39, 0.29) is 0 Å². The molecule has 1 heterocycles. The standard InChI is InChI=1S/C9H15BrN2S/c1-7(10)3-8(2)12-5-9-4-11-6-13-9/h4,6-8,12H,3,5H2,1-2H3. The summed E-state index contributed by atoms with van der Waals surface area (Å²) in [7, 11) is 0. The zero-order valence-electron chi connectivity index (χ0n) is 7.96. The van der Waals surface area contributed by atoms with Gasteiger partial charge in [0.25, 0.3) is 0 Å². The molecule has 0 radical (unpaired) electrons. The molecular formula is C9H15BrN2S. The van der Waals surface area contributed by atoms with Crippen LogP contribution in [0.5, 0.6) is 0 Å². The SMILES string of the molecule is CC(Br)CC(C)NCc1cncs1. The van der Waals surface area contributed by atoms with Crippen LogP contribution in [-0.4, -0.2) is 15.9 Å². The molecule has 74 valence electrons. The predicted octanol–water partition coefficient (Wildman–Crippen LogP) is 2.79. The van der Waals surface area contributed by atoms with Crippen molar-refractivity contribution < 1.29 is 0 Å². The number of hydrogen-bond donors (Lipinski definition) is 1. The Morgan fingerprint density at radius 1 is 1.62 bits per heavy atom. The maximum Gasteiger partial charge on any atom is 0.0794 e. The number of alkyl halides is 1. The van der Waals surface area contributed by atoms with Gasteiger partial charge < -0.3 is 5.32 Å². The zero-order valence-corrected chi connectivity index (χ0v) is 10.4. The van der Waals surface area contributed by atoms with E-state index in [4.69, 9.17) is 0 Å². The van der Waals surface area contributed by atoms with Gasteiger partial charge in [-0.15, -0.1) is 11.3 Å². The number of hydrogen-bond acceptors (Lipinski definition) is 3. The number of nitrogens with zero attached hydrogens (tertiary/aromatic N) is 1. The minimum atomic E-state index is 0.552. The molecule has 0 saturated carbocycles. The Morgan fingerprint density at radius 2 is 2.38 bits per heavy atom. The van der Waals surface area contributed by atoms with E-state index in [1.165, 1.54) is 4.88 Å². The number of nitrogens with one attached hydrogen (secondary N) is 1. The number of aromatic nitrogens is 1. The van der Waals surface area contributed by atoms with Gasteiger partial charge in [-0.25, -0.2) is 0 Å². The highest BCUT2D eigenvalue weighted by molar-refractivity contribution is 9.09. The second kappa shape index (κ2) is 5.73. The first kappa shape index (κ1) is 11.1. The summed E-state index contributed by atoms with van der Waals surface area (Å²) in [6.45, 7) is 5.31. The molecule has 0 amide bonds. The van der Waals surface area contributed by atoms with Crippen LogP contribution in [0.25, 0.3) is 0 Å². The van der Waals surface area contributed by atoms with Crippen LogP contribution in [0.4, 0.5) is 0 Å².